The van der Waals surface area contributed by atoms with E-state index in [0.29, 0.717) is 13.0 Å². The lowest BCUT2D eigenvalue weighted by molar-refractivity contribution is -0.154. The fourth-order valence-corrected chi connectivity index (χ4v) is 1.95. The summed E-state index contributed by atoms with van der Waals surface area (Å²) in [6, 6.07) is 0. The molecule has 0 amide bonds. The Balaban J connectivity index is 3.52. The first kappa shape index (κ1) is 21.7. The maximum atomic E-state index is 11.6. The van der Waals surface area contributed by atoms with E-state index in [-0.39, 0.29) is 11.6 Å². The quantitative estimate of drug-likeness (QED) is 0.264. The number of aliphatic imine (C=N–C) groups is 1. The third-order valence-corrected chi connectivity index (χ3v) is 2.99. The van der Waals surface area contributed by atoms with Crippen LogP contribution in [0.25, 0.3) is 0 Å². The van der Waals surface area contributed by atoms with Gasteiger partial charge in [0.05, 0.1) is 6.61 Å². The van der Waals surface area contributed by atoms with Crippen LogP contribution in [0.1, 0.15) is 59.8 Å². The van der Waals surface area contributed by atoms with Crippen LogP contribution < -0.4 is 10.6 Å². The first-order valence-corrected chi connectivity index (χ1v) is 8.63. The first-order valence-electron chi connectivity index (χ1n) is 8.63. The van der Waals surface area contributed by atoms with Crippen molar-refractivity contribution in [2.45, 2.75) is 65.4 Å². The zero-order chi connectivity index (χ0) is 17.6. The molecular formula is C17H35N3O3. The minimum absolute atomic E-state index is 0.102. The Kier molecular flexibility index (Phi) is 12.4. The number of ether oxygens (including phenoxy) is 2. The molecule has 0 aliphatic carbocycles. The minimum atomic E-state index is -0.383. The topological polar surface area (TPSA) is 72.0 Å². The molecule has 0 radical (unpaired) electrons. The number of esters is 1. The van der Waals surface area contributed by atoms with E-state index < -0.39 is 0 Å². The first-order chi connectivity index (χ1) is 10.9. The molecule has 0 saturated carbocycles. The van der Waals surface area contributed by atoms with E-state index in [9.17, 15) is 4.79 Å². The molecular weight excluding hydrogens is 294 g/mol. The number of hydrogen-bond donors (Lipinski definition) is 2. The van der Waals surface area contributed by atoms with Crippen LogP contribution in [0.15, 0.2) is 4.99 Å². The van der Waals surface area contributed by atoms with Crippen LogP contribution in [-0.4, -0.2) is 50.9 Å². The van der Waals surface area contributed by atoms with E-state index in [4.69, 9.17) is 9.47 Å². The van der Waals surface area contributed by atoms with Crippen molar-refractivity contribution in [2.75, 3.05) is 33.4 Å². The van der Waals surface area contributed by atoms with Gasteiger partial charge in [-0.2, -0.15) is 0 Å². The van der Waals surface area contributed by atoms with E-state index in [1.165, 1.54) is 0 Å². The van der Waals surface area contributed by atoms with Gasteiger partial charge >= 0.3 is 5.97 Å². The summed E-state index contributed by atoms with van der Waals surface area (Å²) in [5.41, 5.74) is -0.383. The average Bonchev–Trinajstić information content (AvgIpc) is 2.46. The van der Waals surface area contributed by atoms with Crippen LogP contribution in [-0.2, 0) is 14.3 Å². The Hall–Kier alpha value is -1.30. The number of hydrogen-bond acceptors (Lipinski definition) is 4. The number of nitrogens with one attached hydrogen (secondary N) is 2. The van der Waals surface area contributed by atoms with E-state index in [1.807, 2.05) is 27.7 Å². The molecule has 23 heavy (non-hydrogen) atoms. The van der Waals surface area contributed by atoms with E-state index in [1.54, 1.807) is 7.05 Å². The Bertz CT molecular complexity index is 338. The summed E-state index contributed by atoms with van der Waals surface area (Å²) in [5, 5.41) is 6.46. The second-order valence-electron chi connectivity index (χ2n) is 6.37. The summed E-state index contributed by atoms with van der Waals surface area (Å²) >= 11 is 0. The van der Waals surface area contributed by atoms with Gasteiger partial charge in [-0.1, -0.05) is 12.8 Å². The van der Waals surface area contributed by atoms with Gasteiger partial charge in [0.1, 0.15) is 5.60 Å². The molecule has 0 aliphatic rings. The molecule has 0 aromatic carbocycles. The number of carbonyl (C=O) groups is 1. The molecule has 2 N–H and O–H groups in total. The Morgan fingerprint density at radius 1 is 1.04 bits per heavy atom. The fraction of sp³-hybridized carbons (Fsp3) is 0.882. The van der Waals surface area contributed by atoms with Gasteiger partial charge < -0.3 is 20.1 Å². The Morgan fingerprint density at radius 2 is 1.70 bits per heavy atom. The van der Waals surface area contributed by atoms with Crippen LogP contribution >= 0.6 is 0 Å². The highest BCUT2D eigenvalue weighted by Gasteiger charge is 2.15. The third-order valence-electron chi connectivity index (χ3n) is 2.99. The smallest absolute Gasteiger partial charge is 0.306 e. The lowest BCUT2D eigenvalue weighted by atomic mass is 10.1. The molecule has 0 spiro atoms. The van der Waals surface area contributed by atoms with Crippen molar-refractivity contribution >= 4 is 11.9 Å². The summed E-state index contributed by atoms with van der Waals surface area (Å²) in [7, 11) is 1.76. The van der Waals surface area contributed by atoms with Gasteiger partial charge in [0.25, 0.3) is 0 Å². The highest BCUT2D eigenvalue weighted by molar-refractivity contribution is 5.79. The molecule has 0 aromatic rings. The maximum Gasteiger partial charge on any atom is 0.306 e. The summed E-state index contributed by atoms with van der Waals surface area (Å²) in [6.45, 7) is 10.7. The van der Waals surface area contributed by atoms with Crippen LogP contribution in [0.3, 0.4) is 0 Å². The van der Waals surface area contributed by atoms with Crippen molar-refractivity contribution in [1.82, 2.24) is 10.6 Å². The van der Waals surface area contributed by atoms with Crippen molar-refractivity contribution in [2.24, 2.45) is 4.99 Å². The monoisotopic (exact) mass is 329 g/mol. The number of unbranched alkanes of at least 4 members (excludes halogenated alkanes) is 3. The minimum Gasteiger partial charge on any atom is -0.460 e. The van der Waals surface area contributed by atoms with Crippen molar-refractivity contribution < 1.29 is 14.3 Å². The highest BCUT2D eigenvalue weighted by Crippen LogP contribution is 2.10. The zero-order valence-electron chi connectivity index (χ0n) is 15.5. The molecule has 0 saturated heterocycles. The third kappa shape index (κ3) is 15.4. The molecule has 0 aromatic heterocycles. The van der Waals surface area contributed by atoms with Crippen molar-refractivity contribution in [3.63, 3.8) is 0 Å². The number of guanidine groups is 1. The molecule has 0 unspecified atom stereocenters. The van der Waals surface area contributed by atoms with E-state index in [0.717, 1.165) is 51.3 Å². The largest absolute Gasteiger partial charge is 0.460 e. The summed E-state index contributed by atoms with van der Waals surface area (Å²) < 4.78 is 10.5. The number of rotatable bonds is 11. The van der Waals surface area contributed by atoms with Crippen molar-refractivity contribution in [1.29, 1.82) is 0 Å². The van der Waals surface area contributed by atoms with Crippen LogP contribution in [0.5, 0.6) is 0 Å². The molecule has 136 valence electrons. The van der Waals surface area contributed by atoms with Crippen molar-refractivity contribution in [3.8, 4) is 0 Å². The SMILES string of the molecule is CCOCCNC(=NC)NCCCCCCC(=O)OC(C)(C)C. The number of nitrogens with zero attached hydrogens (tertiary/aromatic N) is 1. The lowest BCUT2D eigenvalue weighted by Crippen LogP contribution is -2.39. The van der Waals surface area contributed by atoms with Crippen LogP contribution in [0.4, 0.5) is 0 Å². The second kappa shape index (κ2) is 13.2. The highest BCUT2D eigenvalue weighted by atomic mass is 16.6. The predicted octanol–water partition coefficient (Wildman–Crippen LogP) is 2.48. The maximum absolute atomic E-state index is 11.6. The van der Waals surface area contributed by atoms with Crippen LogP contribution in [0, 0.1) is 0 Å². The average molecular weight is 329 g/mol. The fourth-order valence-electron chi connectivity index (χ4n) is 1.95. The van der Waals surface area contributed by atoms with Gasteiger partial charge in [-0.25, -0.2) is 0 Å². The standard InChI is InChI=1S/C17H35N3O3/c1-6-22-14-13-20-16(18-5)19-12-10-8-7-9-11-15(21)23-17(2,3)4/h6-14H2,1-5H3,(H2,18,19,20). The molecule has 0 heterocycles. The Labute approximate surface area is 141 Å². The molecule has 0 fully saturated rings. The normalized spacial score (nSPS) is 12.1. The molecule has 6 heteroatoms. The summed E-state index contributed by atoms with van der Waals surface area (Å²) in [4.78, 5) is 15.7. The molecule has 6 nitrogen and oxygen atoms in total. The van der Waals surface area contributed by atoms with Gasteiger partial charge in [-0.05, 0) is 40.5 Å². The second-order valence-corrected chi connectivity index (χ2v) is 6.37. The van der Waals surface area contributed by atoms with E-state index in [2.05, 4.69) is 15.6 Å². The number of carbonyl (C=O) groups excluding carboxylic acids is 1. The molecule has 0 aliphatic heterocycles. The van der Waals surface area contributed by atoms with E-state index >= 15 is 0 Å². The predicted molar refractivity (Wildman–Crippen MR) is 94.8 cm³/mol. The van der Waals surface area contributed by atoms with Gasteiger partial charge in [0.2, 0.25) is 0 Å². The molecule has 0 atom stereocenters. The molecule has 0 rings (SSSR count). The van der Waals surface area contributed by atoms with Gasteiger partial charge in [0, 0.05) is 33.2 Å². The lowest BCUT2D eigenvalue weighted by Gasteiger charge is -2.19. The Morgan fingerprint density at radius 3 is 2.30 bits per heavy atom. The summed E-state index contributed by atoms with van der Waals surface area (Å²) in [5.74, 6) is 0.702. The van der Waals surface area contributed by atoms with Crippen LogP contribution in [0.2, 0.25) is 0 Å². The molecule has 0 bridgehead atoms. The van der Waals surface area contributed by atoms with Gasteiger partial charge in [0.15, 0.2) is 5.96 Å². The van der Waals surface area contributed by atoms with Crippen molar-refractivity contribution in [3.05, 3.63) is 0 Å². The zero-order valence-corrected chi connectivity index (χ0v) is 15.5. The van der Waals surface area contributed by atoms with Gasteiger partial charge in [-0.15, -0.1) is 0 Å². The van der Waals surface area contributed by atoms with Gasteiger partial charge in [-0.3, -0.25) is 9.79 Å². The summed E-state index contributed by atoms with van der Waals surface area (Å²) in [6.07, 6.45) is 4.57.